The van der Waals surface area contributed by atoms with E-state index in [1.54, 1.807) is 0 Å². The minimum absolute atomic E-state index is 0.689. The molecule has 0 atom stereocenters. The van der Waals surface area contributed by atoms with E-state index in [1.165, 1.54) is 11.3 Å². The number of anilines is 1. The summed E-state index contributed by atoms with van der Waals surface area (Å²) in [5.41, 5.74) is 2.44. The largest absolute Gasteiger partial charge is 0.492 e. The first-order valence-corrected chi connectivity index (χ1v) is 6.21. The highest BCUT2D eigenvalue weighted by molar-refractivity contribution is 5.44. The Labute approximate surface area is 109 Å². The second-order valence-electron chi connectivity index (χ2n) is 4.42. The molecule has 2 aromatic rings. The van der Waals surface area contributed by atoms with Crippen molar-refractivity contribution in [2.75, 3.05) is 25.1 Å². The molecule has 0 aliphatic heterocycles. The highest BCUT2D eigenvalue weighted by Gasteiger charge is 2.00. The second kappa shape index (κ2) is 6.10. The Morgan fingerprint density at radius 2 is 1.78 bits per heavy atom. The van der Waals surface area contributed by atoms with Crippen LogP contribution < -0.4 is 9.64 Å². The van der Waals surface area contributed by atoms with E-state index < -0.39 is 0 Å². The molecule has 2 heteroatoms. The van der Waals surface area contributed by atoms with Gasteiger partial charge in [0.1, 0.15) is 12.4 Å². The third-order valence-electron chi connectivity index (χ3n) is 2.88. The lowest BCUT2D eigenvalue weighted by atomic mass is 10.2. The fraction of sp³-hybridized carbons (Fsp3) is 0.250. The molecular formula is C16H19NO. The third-order valence-corrected chi connectivity index (χ3v) is 2.88. The molecule has 2 rings (SSSR count). The van der Waals surface area contributed by atoms with Gasteiger partial charge >= 0.3 is 0 Å². The number of nitrogens with zero attached hydrogens (tertiary/aromatic N) is 1. The average Bonchev–Trinajstić information content (AvgIpc) is 2.40. The summed E-state index contributed by atoms with van der Waals surface area (Å²) in [5, 5.41) is 0. The van der Waals surface area contributed by atoms with Crippen LogP contribution in [0.1, 0.15) is 5.56 Å². The van der Waals surface area contributed by atoms with Crippen LogP contribution >= 0.6 is 0 Å². The van der Waals surface area contributed by atoms with Crippen molar-refractivity contribution in [2.45, 2.75) is 6.92 Å². The standard InChI is InChI=1S/C16H19NO/c1-14-7-6-10-16(13-14)18-12-11-17(2)15-8-4-3-5-9-15/h3-10,13H,11-12H2,1-2H3. The van der Waals surface area contributed by atoms with Gasteiger partial charge in [0.05, 0.1) is 6.54 Å². The number of para-hydroxylation sites is 1. The van der Waals surface area contributed by atoms with Crippen molar-refractivity contribution in [3.05, 3.63) is 60.2 Å². The molecule has 0 aliphatic rings. The smallest absolute Gasteiger partial charge is 0.119 e. The molecule has 2 nitrogen and oxygen atoms in total. The lowest BCUT2D eigenvalue weighted by Crippen LogP contribution is -2.23. The van der Waals surface area contributed by atoms with Crippen LogP contribution in [0, 0.1) is 6.92 Å². The molecule has 0 heterocycles. The molecule has 0 N–H and O–H groups in total. The van der Waals surface area contributed by atoms with Gasteiger partial charge in [0.25, 0.3) is 0 Å². The maximum Gasteiger partial charge on any atom is 0.119 e. The van der Waals surface area contributed by atoms with Crippen molar-refractivity contribution in [2.24, 2.45) is 0 Å². The van der Waals surface area contributed by atoms with E-state index in [0.717, 1.165) is 12.3 Å². The number of hydrogen-bond donors (Lipinski definition) is 0. The van der Waals surface area contributed by atoms with Crippen LogP contribution in [0.3, 0.4) is 0 Å². The fourth-order valence-corrected chi connectivity index (χ4v) is 1.82. The predicted octanol–water partition coefficient (Wildman–Crippen LogP) is 3.51. The Kier molecular flexibility index (Phi) is 4.24. The van der Waals surface area contributed by atoms with E-state index in [0.29, 0.717) is 6.61 Å². The molecule has 2 aromatic carbocycles. The van der Waals surface area contributed by atoms with Crippen LogP contribution in [-0.4, -0.2) is 20.2 Å². The average molecular weight is 241 g/mol. The normalized spacial score (nSPS) is 10.1. The molecular weight excluding hydrogens is 222 g/mol. The lowest BCUT2D eigenvalue weighted by molar-refractivity contribution is 0.326. The monoisotopic (exact) mass is 241 g/mol. The molecule has 0 radical (unpaired) electrons. The minimum atomic E-state index is 0.689. The number of aryl methyl sites for hydroxylation is 1. The van der Waals surface area contributed by atoms with Gasteiger partial charge in [-0.3, -0.25) is 0 Å². The van der Waals surface area contributed by atoms with Gasteiger partial charge in [-0.25, -0.2) is 0 Å². The van der Waals surface area contributed by atoms with E-state index in [2.05, 4.69) is 43.1 Å². The van der Waals surface area contributed by atoms with E-state index in [-0.39, 0.29) is 0 Å². The lowest BCUT2D eigenvalue weighted by Gasteiger charge is -2.19. The summed E-state index contributed by atoms with van der Waals surface area (Å²) in [5.74, 6) is 0.941. The zero-order valence-electron chi connectivity index (χ0n) is 11.0. The fourth-order valence-electron chi connectivity index (χ4n) is 1.82. The topological polar surface area (TPSA) is 12.5 Å². The van der Waals surface area contributed by atoms with Crippen LogP contribution in [0.5, 0.6) is 5.75 Å². The first-order valence-electron chi connectivity index (χ1n) is 6.21. The summed E-state index contributed by atoms with van der Waals surface area (Å²) in [6, 6.07) is 18.5. The van der Waals surface area contributed by atoms with Gasteiger partial charge in [-0.1, -0.05) is 30.3 Å². The summed E-state index contributed by atoms with van der Waals surface area (Å²) in [6.45, 7) is 3.63. The molecule has 18 heavy (non-hydrogen) atoms. The summed E-state index contributed by atoms with van der Waals surface area (Å²) in [7, 11) is 2.08. The molecule has 0 saturated carbocycles. The highest BCUT2D eigenvalue weighted by Crippen LogP contribution is 2.13. The Bertz CT molecular complexity index is 481. The van der Waals surface area contributed by atoms with Crippen molar-refractivity contribution in [1.29, 1.82) is 0 Å². The van der Waals surface area contributed by atoms with Crippen molar-refractivity contribution in [3.63, 3.8) is 0 Å². The summed E-state index contributed by atoms with van der Waals surface area (Å²) in [4.78, 5) is 2.19. The van der Waals surface area contributed by atoms with Crippen LogP contribution in [-0.2, 0) is 0 Å². The highest BCUT2D eigenvalue weighted by atomic mass is 16.5. The van der Waals surface area contributed by atoms with Crippen molar-refractivity contribution < 1.29 is 4.74 Å². The molecule has 0 aromatic heterocycles. The van der Waals surface area contributed by atoms with Crippen LogP contribution in [0.2, 0.25) is 0 Å². The van der Waals surface area contributed by atoms with E-state index in [4.69, 9.17) is 4.74 Å². The van der Waals surface area contributed by atoms with Crippen LogP contribution in [0.25, 0.3) is 0 Å². The number of hydrogen-bond acceptors (Lipinski definition) is 2. The molecule has 94 valence electrons. The summed E-state index contributed by atoms with van der Waals surface area (Å²) in [6.07, 6.45) is 0. The van der Waals surface area contributed by atoms with Gasteiger partial charge < -0.3 is 9.64 Å². The van der Waals surface area contributed by atoms with Gasteiger partial charge in [-0.2, -0.15) is 0 Å². The van der Waals surface area contributed by atoms with Crippen molar-refractivity contribution in [3.8, 4) is 5.75 Å². The third kappa shape index (κ3) is 3.52. The number of rotatable bonds is 5. The molecule has 0 bridgehead atoms. The van der Waals surface area contributed by atoms with Gasteiger partial charge in [0.15, 0.2) is 0 Å². The number of benzene rings is 2. The Balaban J connectivity index is 1.82. The number of ether oxygens (including phenoxy) is 1. The molecule has 0 amide bonds. The zero-order chi connectivity index (χ0) is 12.8. The molecule has 0 saturated heterocycles. The van der Waals surface area contributed by atoms with Crippen LogP contribution in [0.15, 0.2) is 54.6 Å². The molecule has 0 fully saturated rings. The first-order chi connectivity index (χ1) is 8.75. The van der Waals surface area contributed by atoms with Gasteiger partial charge in [-0.15, -0.1) is 0 Å². The Morgan fingerprint density at radius 3 is 2.50 bits per heavy atom. The van der Waals surface area contributed by atoms with Gasteiger partial charge in [0.2, 0.25) is 0 Å². The van der Waals surface area contributed by atoms with E-state index in [1.807, 2.05) is 30.3 Å². The van der Waals surface area contributed by atoms with Gasteiger partial charge in [-0.05, 0) is 36.8 Å². The summed E-state index contributed by atoms with van der Waals surface area (Å²) >= 11 is 0. The van der Waals surface area contributed by atoms with Crippen LogP contribution in [0.4, 0.5) is 5.69 Å². The quantitative estimate of drug-likeness (QED) is 0.794. The Morgan fingerprint density at radius 1 is 1.00 bits per heavy atom. The van der Waals surface area contributed by atoms with E-state index >= 15 is 0 Å². The number of likely N-dealkylation sites (N-methyl/N-ethyl adjacent to an activating group) is 1. The van der Waals surface area contributed by atoms with E-state index in [9.17, 15) is 0 Å². The SMILES string of the molecule is Cc1cccc(OCCN(C)c2ccccc2)c1. The first kappa shape index (κ1) is 12.5. The van der Waals surface area contributed by atoms with Crippen molar-refractivity contribution >= 4 is 5.69 Å². The Hall–Kier alpha value is -1.96. The summed E-state index contributed by atoms with van der Waals surface area (Å²) < 4.78 is 5.74. The predicted molar refractivity (Wildman–Crippen MR) is 76.4 cm³/mol. The maximum atomic E-state index is 5.74. The maximum absolute atomic E-state index is 5.74. The zero-order valence-corrected chi connectivity index (χ0v) is 11.0. The second-order valence-corrected chi connectivity index (χ2v) is 4.42. The molecule has 0 unspecified atom stereocenters. The molecule has 0 aliphatic carbocycles. The minimum Gasteiger partial charge on any atom is -0.492 e. The van der Waals surface area contributed by atoms with Gasteiger partial charge in [0, 0.05) is 12.7 Å². The van der Waals surface area contributed by atoms with Crippen molar-refractivity contribution in [1.82, 2.24) is 0 Å². The molecule has 0 spiro atoms.